The van der Waals surface area contributed by atoms with E-state index in [0.29, 0.717) is 0 Å². The molecule has 0 spiro atoms. The number of rotatable bonds is 4. The molecule has 0 aliphatic carbocycles. The van der Waals surface area contributed by atoms with Crippen LogP contribution in [0.1, 0.15) is 19.2 Å². The van der Waals surface area contributed by atoms with Gasteiger partial charge in [-0.05, 0) is 17.9 Å². The fourth-order valence-corrected chi connectivity index (χ4v) is 3.53. The van der Waals surface area contributed by atoms with Crippen molar-refractivity contribution in [1.29, 1.82) is 0 Å². The Balaban J connectivity index is 1.72. The first-order chi connectivity index (χ1) is 10.2. The van der Waals surface area contributed by atoms with Gasteiger partial charge in [0.15, 0.2) is 0 Å². The van der Waals surface area contributed by atoms with E-state index in [1.54, 1.807) is 18.3 Å². The molecule has 2 aromatic rings. The number of amides is 1. The normalized spacial score (nSPS) is 19.0. The molecule has 0 saturated carbocycles. The second-order valence-corrected chi connectivity index (χ2v) is 6.19. The highest BCUT2D eigenvalue weighted by molar-refractivity contribution is 7.16. The van der Waals surface area contributed by atoms with Crippen LogP contribution in [0.5, 0.6) is 0 Å². The molecule has 1 unspecified atom stereocenters. The summed E-state index contributed by atoms with van der Waals surface area (Å²) in [5, 5.41) is 9.22. The standard InChI is InChI=1S/C14H19N5OS/c1-9(20)16-10-3-5-19(7-10)8-12-17-13(15-2)11-4-6-21-14(11)18-12/h4,6,10H,3,5,7-8H2,1-2H3,(H,16,20)(H,15,17,18). The molecule has 1 fully saturated rings. The van der Waals surface area contributed by atoms with E-state index in [1.165, 1.54) is 0 Å². The fraction of sp³-hybridized carbons (Fsp3) is 0.500. The van der Waals surface area contributed by atoms with Gasteiger partial charge in [-0.3, -0.25) is 9.69 Å². The number of carbonyl (C=O) groups excluding carboxylic acids is 1. The fourth-order valence-electron chi connectivity index (χ4n) is 2.74. The van der Waals surface area contributed by atoms with Crippen LogP contribution in [0, 0.1) is 0 Å². The number of carbonyl (C=O) groups is 1. The number of thiophene rings is 1. The van der Waals surface area contributed by atoms with E-state index in [0.717, 1.165) is 47.9 Å². The maximum Gasteiger partial charge on any atom is 0.217 e. The Hall–Kier alpha value is -1.73. The molecule has 7 heteroatoms. The van der Waals surface area contributed by atoms with Crippen LogP contribution in [-0.2, 0) is 11.3 Å². The number of nitrogens with one attached hydrogen (secondary N) is 2. The molecule has 3 heterocycles. The third kappa shape index (κ3) is 3.14. The molecule has 1 atom stereocenters. The molecule has 2 aromatic heterocycles. The summed E-state index contributed by atoms with van der Waals surface area (Å²) in [6.45, 7) is 4.11. The SMILES string of the molecule is CNc1nc(CN2CCC(NC(C)=O)C2)nc2sccc12. The third-order valence-electron chi connectivity index (χ3n) is 3.65. The molecule has 1 aliphatic rings. The van der Waals surface area contributed by atoms with Crippen molar-refractivity contribution < 1.29 is 4.79 Å². The highest BCUT2D eigenvalue weighted by Gasteiger charge is 2.24. The first-order valence-electron chi connectivity index (χ1n) is 7.07. The zero-order valence-electron chi connectivity index (χ0n) is 12.2. The van der Waals surface area contributed by atoms with E-state index in [1.807, 2.05) is 18.5 Å². The Labute approximate surface area is 127 Å². The molecule has 2 N–H and O–H groups in total. The minimum atomic E-state index is 0.0376. The Morgan fingerprint density at radius 2 is 2.38 bits per heavy atom. The first-order valence-corrected chi connectivity index (χ1v) is 7.95. The van der Waals surface area contributed by atoms with Crippen molar-refractivity contribution >= 4 is 33.3 Å². The largest absolute Gasteiger partial charge is 0.372 e. The summed E-state index contributed by atoms with van der Waals surface area (Å²) < 4.78 is 0. The van der Waals surface area contributed by atoms with Gasteiger partial charge in [0, 0.05) is 33.1 Å². The van der Waals surface area contributed by atoms with E-state index in [-0.39, 0.29) is 11.9 Å². The highest BCUT2D eigenvalue weighted by Crippen LogP contribution is 2.25. The molecule has 112 valence electrons. The van der Waals surface area contributed by atoms with Gasteiger partial charge in [-0.2, -0.15) is 0 Å². The average molecular weight is 305 g/mol. The van der Waals surface area contributed by atoms with Crippen molar-refractivity contribution in [2.24, 2.45) is 0 Å². The van der Waals surface area contributed by atoms with Gasteiger partial charge in [0.25, 0.3) is 0 Å². The second-order valence-electron chi connectivity index (χ2n) is 5.30. The van der Waals surface area contributed by atoms with Crippen molar-refractivity contribution in [3.63, 3.8) is 0 Å². The molecule has 3 rings (SSSR count). The van der Waals surface area contributed by atoms with Crippen LogP contribution >= 0.6 is 11.3 Å². The molecule has 0 bridgehead atoms. The summed E-state index contributed by atoms with van der Waals surface area (Å²) in [6, 6.07) is 2.29. The van der Waals surface area contributed by atoms with Gasteiger partial charge in [0.05, 0.1) is 11.9 Å². The summed E-state index contributed by atoms with van der Waals surface area (Å²) in [5.41, 5.74) is 0. The lowest BCUT2D eigenvalue weighted by Gasteiger charge is -2.16. The van der Waals surface area contributed by atoms with Gasteiger partial charge in [-0.15, -0.1) is 11.3 Å². The van der Waals surface area contributed by atoms with Crippen molar-refractivity contribution in [2.45, 2.75) is 25.9 Å². The zero-order valence-corrected chi connectivity index (χ0v) is 13.0. The molecule has 0 aromatic carbocycles. The van der Waals surface area contributed by atoms with E-state index >= 15 is 0 Å². The van der Waals surface area contributed by atoms with E-state index in [4.69, 9.17) is 0 Å². The van der Waals surface area contributed by atoms with Gasteiger partial charge in [-0.1, -0.05) is 0 Å². The number of aromatic nitrogens is 2. The van der Waals surface area contributed by atoms with Crippen LogP contribution in [0.4, 0.5) is 5.82 Å². The summed E-state index contributed by atoms with van der Waals surface area (Å²) in [7, 11) is 1.88. The molecular weight excluding hydrogens is 286 g/mol. The number of nitrogens with zero attached hydrogens (tertiary/aromatic N) is 3. The van der Waals surface area contributed by atoms with Gasteiger partial charge < -0.3 is 10.6 Å². The Morgan fingerprint density at radius 3 is 3.14 bits per heavy atom. The quantitative estimate of drug-likeness (QED) is 0.894. The topological polar surface area (TPSA) is 70.2 Å². The molecule has 6 nitrogen and oxygen atoms in total. The number of likely N-dealkylation sites (tertiary alicyclic amines) is 1. The minimum absolute atomic E-state index is 0.0376. The molecule has 0 radical (unpaired) electrons. The van der Waals surface area contributed by atoms with Crippen LogP contribution in [0.3, 0.4) is 0 Å². The van der Waals surface area contributed by atoms with Crippen molar-refractivity contribution in [2.75, 3.05) is 25.5 Å². The van der Waals surface area contributed by atoms with Crippen LogP contribution < -0.4 is 10.6 Å². The molecule has 1 saturated heterocycles. The van der Waals surface area contributed by atoms with E-state index in [2.05, 4.69) is 25.5 Å². The van der Waals surface area contributed by atoms with Crippen molar-refractivity contribution in [3.8, 4) is 0 Å². The van der Waals surface area contributed by atoms with E-state index < -0.39 is 0 Å². The van der Waals surface area contributed by atoms with E-state index in [9.17, 15) is 4.79 Å². The maximum atomic E-state index is 11.1. The van der Waals surface area contributed by atoms with Gasteiger partial charge in [0.1, 0.15) is 16.5 Å². The van der Waals surface area contributed by atoms with Crippen LogP contribution in [0.15, 0.2) is 11.4 Å². The highest BCUT2D eigenvalue weighted by atomic mass is 32.1. The predicted molar refractivity (Wildman–Crippen MR) is 84.5 cm³/mol. The van der Waals surface area contributed by atoms with Gasteiger partial charge in [-0.25, -0.2) is 9.97 Å². The lowest BCUT2D eigenvalue weighted by molar-refractivity contribution is -0.119. The third-order valence-corrected chi connectivity index (χ3v) is 4.46. The Bertz CT molecular complexity index is 656. The summed E-state index contributed by atoms with van der Waals surface area (Å²) in [4.78, 5) is 23.6. The van der Waals surface area contributed by atoms with Gasteiger partial charge in [0.2, 0.25) is 5.91 Å². The van der Waals surface area contributed by atoms with Crippen LogP contribution in [0.25, 0.3) is 10.2 Å². The molecular formula is C14H19N5OS. The lowest BCUT2D eigenvalue weighted by atomic mass is 10.3. The number of hydrogen-bond acceptors (Lipinski definition) is 6. The van der Waals surface area contributed by atoms with Gasteiger partial charge >= 0.3 is 0 Å². The monoisotopic (exact) mass is 305 g/mol. The first kappa shape index (κ1) is 14.2. The second kappa shape index (κ2) is 5.95. The Kier molecular flexibility index (Phi) is 4.03. The number of fused-ring (bicyclic) bond motifs is 1. The summed E-state index contributed by atoms with van der Waals surface area (Å²) >= 11 is 1.63. The number of hydrogen-bond donors (Lipinski definition) is 2. The molecule has 21 heavy (non-hydrogen) atoms. The van der Waals surface area contributed by atoms with Crippen LogP contribution in [-0.4, -0.2) is 47.0 Å². The molecule has 1 aliphatic heterocycles. The van der Waals surface area contributed by atoms with Crippen molar-refractivity contribution in [1.82, 2.24) is 20.2 Å². The maximum absolute atomic E-state index is 11.1. The lowest BCUT2D eigenvalue weighted by Crippen LogP contribution is -2.35. The predicted octanol–water partition coefficient (Wildman–Crippen LogP) is 1.44. The summed E-state index contributed by atoms with van der Waals surface area (Å²) in [5.74, 6) is 1.75. The summed E-state index contributed by atoms with van der Waals surface area (Å²) in [6.07, 6.45) is 0.986. The smallest absolute Gasteiger partial charge is 0.217 e. The molecule has 1 amide bonds. The van der Waals surface area contributed by atoms with Crippen LogP contribution in [0.2, 0.25) is 0 Å². The van der Waals surface area contributed by atoms with Crippen molar-refractivity contribution in [3.05, 3.63) is 17.3 Å². The minimum Gasteiger partial charge on any atom is -0.372 e. The Morgan fingerprint density at radius 1 is 1.52 bits per heavy atom. The average Bonchev–Trinajstić information content (AvgIpc) is 3.06. The zero-order chi connectivity index (χ0) is 14.8. The number of anilines is 1.